The van der Waals surface area contributed by atoms with Gasteiger partial charge in [0.05, 0.1) is 0 Å². The normalized spacial score (nSPS) is 10.3. The van der Waals surface area contributed by atoms with Crippen molar-refractivity contribution in [3.8, 4) is 17.6 Å². The van der Waals surface area contributed by atoms with Crippen molar-refractivity contribution in [3.05, 3.63) is 60.3 Å². The second-order valence-electron chi connectivity index (χ2n) is 4.05. The van der Waals surface area contributed by atoms with E-state index in [4.69, 9.17) is 5.26 Å². The molecule has 0 unspecified atom stereocenters. The van der Waals surface area contributed by atoms with Gasteiger partial charge in [0.15, 0.2) is 5.82 Å². The summed E-state index contributed by atoms with van der Waals surface area (Å²) in [5, 5.41) is 13.5. The SMILES string of the molecule is FC(F)(F)c1nc(-c2ccccn2)n[nH]1.N#Cc1ccccn1. The number of nitriles is 1. The van der Waals surface area contributed by atoms with Crippen molar-refractivity contribution in [1.29, 1.82) is 5.26 Å². The van der Waals surface area contributed by atoms with Crippen LogP contribution in [0.5, 0.6) is 0 Å². The number of halogens is 3. The summed E-state index contributed by atoms with van der Waals surface area (Å²) in [6.07, 6.45) is -1.46. The molecule has 3 rings (SSSR count). The van der Waals surface area contributed by atoms with E-state index in [1.54, 1.807) is 36.5 Å². The minimum atomic E-state index is -4.51. The maximum absolute atomic E-state index is 12.2. The van der Waals surface area contributed by atoms with E-state index in [9.17, 15) is 13.2 Å². The number of nitrogens with one attached hydrogen (secondary N) is 1. The molecule has 0 saturated heterocycles. The van der Waals surface area contributed by atoms with E-state index >= 15 is 0 Å². The number of aromatic nitrogens is 5. The highest BCUT2D eigenvalue weighted by molar-refractivity contribution is 5.47. The predicted octanol–water partition coefficient (Wildman–Crippen LogP) is 2.84. The molecule has 0 aliphatic heterocycles. The molecule has 0 saturated carbocycles. The van der Waals surface area contributed by atoms with E-state index < -0.39 is 12.0 Å². The van der Waals surface area contributed by atoms with Gasteiger partial charge in [0.25, 0.3) is 0 Å². The molecule has 0 aliphatic carbocycles. The van der Waals surface area contributed by atoms with Gasteiger partial charge in [-0.1, -0.05) is 12.1 Å². The Kier molecular flexibility index (Phi) is 4.99. The van der Waals surface area contributed by atoms with E-state index in [2.05, 4.69) is 20.1 Å². The number of H-pyrrole nitrogens is 1. The first kappa shape index (κ1) is 16.1. The Morgan fingerprint density at radius 1 is 1.00 bits per heavy atom. The monoisotopic (exact) mass is 318 g/mol. The number of alkyl halides is 3. The summed E-state index contributed by atoms with van der Waals surface area (Å²) in [5.74, 6) is -1.19. The zero-order valence-corrected chi connectivity index (χ0v) is 11.5. The summed E-state index contributed by atoms with van der Waals surface area (Å²) in [7, 11) is 0. The van der Waals surface area contributed by atoms with Crippen molar-refractivity contribution in [3.63, 3.8) is 0 Å². The first-order valence-electron chi connectivity index (χ1n) is 6.23. The maximum atomic E-state index is 12.2. The molecule has 23 heavy (non-hydrogen) atoms. The van der Waals surface area contributed by atoms with Crippen LogP contribution in [0.1, 0.15) is 11.5 Å². The second-order valence-corrected chi connectivity index (χ2v) is 4.05. The zero-order chi connectivity index (χ0) is 16.7. The summed E-state index contributed by atoms with van der Waals surface area (Å²) < 4.78 is 36.5. The van der Waals surface area contributed by atoms with Crippen LogP contribution in [0.4, 0.5) is 13.2 Å². The highest BCUT2D eigenvalue weighted by Crippen LogP contribution is 2.26. The molecule has 0 aromatic carbocycles. The largest absolute Gasteiger partial charge is 0.451 e. The lowest BCUT2D eigenvalue weighted by molar-refractivity contribution is -0.144. The van der Waals surface area contributed by atoms with Crippen molar-refractivity contribution in [2.45, 2.75) is 6.18 Å². The van der Waals surface area contributed by atoms with Crippen LogP contribution in [-0.4, -0.2) is 25.1 Å². The Labute approximate surface area is 128 Å². The molecule has 3 aromatic heterocycles. The van der Waals surface area contributed by atoms with Crippen molar-refractivity contribution < 1.29 is 13.2 Å². The molecule has 0 bridgehead atoms. The number of pyridine rings is 2. The Morgan fingerprint density at radius 3 is 2.13 bits per heavy atom. The predicted molar refractivity (Wildman–Crippen MR) is 73.6 cm³/mol. The van der Waals surface area contributed by atoms with Crippen LogP contribution in [-0.2, 0) is 6.18 Å². The summed E-state index contributed by atoms with van der Waals surface area (Å²) in [6.45, 7) is 0. The summed E-state index contributed by atoms with van der Waals surface area (Å²) >= 11 is 0. The topological polar surface area (TPSA) is 91.1 Å². The molecule has 1 N–H and O–H groups in total. The Morgan fingerprint density at radius 2 is 1.70 bits per heavy atom. The van der Waals surface area contributed by atoms with Crippen LogP contribution in [0.3, 0.4) is 0 Å². The van der Waals surface area contributed by atoms with Crippen LogP contribution in [0.15, 0.2) is 48.8 Å². The van der Waals surface area contributed by atoms with Crippen LogP contribution in [0, 0.1) is 11.3 Å². The smallest absolute Gasteiger partial charge is 0.255 e. The van der Waals surface area contributed by atoms with Crippen LogP contribution in [0.25, 0.3) is 11.5 Å². The van der Waals surface area contributed by atoms with E-state index in [1.807, 2.05) is 11.2 Å². The summed E-state index contributed by atoms with van der Waals surface area (Å²) in [5.41, 5.74) is 0.761. The van der Waals surface area contributed by atoms with Crippen molar-refractivity contribution in [2.24, 2.45) is 0 Å². The Balaban J connectivity index is 0.000000203. The number of aromatic amines is 1. The molecule has 116 valence electrons. The average Bonchev–Trinajstić information content (AvgIpc) is 3.07. The first-order chi connectivity index (χ1) is 11.0. The average molecular weight is 318 g/mol. The molecule has 0 spiro atoms. The number of hydrogen-bond acceptors (Lipinski definition) is 5. The zero-order valence-electron chi connectivity index (χ0n) is 11.5. The summed E-state index contributed by atoms with van der Waals surface area (Å²) in [4.78, 5) is 10.9. The first-order valence-corrected chi connectivity index (χ1v) is 6.23. The van der Waals surface area contributed by atoms with Crippen LogP contribution < -0.4 is 0 Å². The van der Waals surface area contributed by atoms with E-state index in [0.29, 0.717) is 11.4 Å². The van der Waals surface area contributed by atoms with Gasteiger partial charge in [0.1, 0.15) is 17.5 Å². The van der Waals surface area contributed by atoms with Gasteiger partial charge in [-0.05, 0) is 24.3 Å². The van der Waals surface area contributed by atoms with Gasteiger partial charge >= 0.3 is 6.18 Å². The molecule has 0 atom stereocenters. The third-order valence-corrected chi connectivity index (χ3v) is 2.43. The van der Waals surface area contributed by atoms with Crippen molar-refractivity contribution >= 4 is 0 Å². The lowest BCUT2D eigenvalue weighted by Crippen LogP contribution is -2.07. The van der Waals surface area contributed by atoms with Gasteiger partial charge in [-0.3, -0.25) is 10.1 Å². The number of nitrogens with zero attached hydrogens (tertiary/aromatic N) is 5. The molecular formula is C14H9F3N6. The molecule has 3 aromatic rings. The van der Waals surface area contributed by atoms with Gasteiger partial charge in [-0.25, -0.2) is 9.97 Å². The minimum absolute atomic E-state index is 0.0667. The summed E-state index contributed by atoms with van der Waals surface area (Å²) in [6, 6.07) is 12.0. The highest BCUT2D eigenvalue weighted by atomic mass is 19.4. The third kappa shape index (κ3) is 4.60. The molecule has 9 heteroatoms. The third-order valence-electron chi connectivity index (χ3n) is 2.43. The molecule has 0 radical (unpaired) electrons. The lowest BCUT2D eigenvalue weighted by Gasteiger charge is -1.98. The second kappa shape index (κ2) is 7.13. The maximum Gasteiger partial charge on any atom is 0.451 e. The van der Waals surface area contributed by atoms with E-state index in [-0.39, 0.29) is 5.82 Å². The van der Waals surface area contributed by atoms with E-state index in [0.717, 1.165) is 0 Å². The van der Waals surface area contributed by atoms with E-state index in [1.165, 1.54) is 12.3 Å². The fraction of sp³-hybridized carbons (Fsp3) is 0.0714. The van der Waals surface area contributed by atoms with Gasteiger partial charge in [0.2, 0.25) is 5.82 Å². The van der Waals surface area contributed by atoms with Crippen LogP contribution >= 0.6 is 0 Å². The van der Waals surface area contributed by atoms with Crippen molar-refractivity contribution in [1.82, 2.24) is 25.1 Å². The van der Waals surface area contributed by atoms with Gasteiger partial charge in [-0.2, -0.15) is 23.5 Å². The molecule has 0 fully saturated rings. The minimum Gasteiger partial charge on any atom is -0.255 e. The fourth-order valence-corrected chi connectivity index (χ4v) is 1.43. The van der Waals surface area contributed by atoms with Crippen molar-refractivity contribution in [2.75, 3.05) is 0 Å². The highest BCUT2D eigenvalue weighted by Gasteiger charge is 2.35. The Hall–Kier alpha value is -3.28. The van der Waals surface area contributed by atoms with Crippen LogP contribution in [0.2, 0.25) is 0 Å². The molecule has 6 nitrogen and oxygen atoms in total. The molecular weight excluding hydrogens is 309 g/mol. The number of rotatable bonds is 1. The standard InChI is InChI=1S/C8H5F3N4.C6H4N2/c9-8(10,11)7-13-6(14-15-7)5-3-1-2-4-12-5;7-5-6-3-1-2-4-8-6/h1-4H,(H,13,14,15);1-4H. The fourth-order valence-electron chi connectivity index (χ4n) is 1.43. The molecule has 3 heterocycles. The Bertz CT molecular complexity index is 778. The quantitative estimate of drug-likeness (QED) is 0.745. The molecule has 0 aliphatic rings. The van der Waals surface area contributed by atoms with Gasteiger partial charge < -0.3 is 0 Å². The van der Waals surface area contributed by atoms with Gasteiger partial charge in [-0.15, -0.1) is 0 Å². The lowest BCUT2D eigenvalue weighted by atomic mass is 10.3. The van der Waals surface area contributed by atoms with Gasteiger partial charge in [0, 0.05) is 12.4 Å². The molecule has 0 amide bonds. The number of hydrogen-bond donors (Lipinski definition) is 1.